The minimum Gasteiger partial charge on any atom is -0.457 e. The summed E-state index contributed by atoms with van der Waals surface area (Å²) in [5.74, 6) is -0.285. The number of hydrogen-bond acceptors (Lipinski definition) is 3. The van der Waals surface area contributed by atoms with E-state index in [0.29, 0.717) is 10.2 Å². The lowest BCUT2D eigenvalue weighted by Crippen LogP contribution is -2.30. The predicted molar refractivity (Wildman–Crippen MR) is 70.1 cm³/mol. The summed E-state index contributed by atoms with van der Waals surface area (Å²) in [5.41, 5.74) is 1.27. The number of benzene rings is 1. The van der Waals surface area contributed by atoms with Crippen LogP contribution < -0.4 is 5.32 Å². The molecular weight excluding hydrogens is 298 g/mol. The number of rotatable bonds is 4. The van der Waals surface area contributed by atoms with E-state index in [4.69, 9.17) is 4.42 Å². The van der Waals surface area contributed by atoms with Crippen LogP contribution in [0.15, 0.2) is 51.7 Å². The smallest absolute Gasteiger partial charge is 0.255 e. The van der Waals surface area contributed by atoms with E-state index < -0.39 is 6.04 Å². The Kier molecular flexibility index (Phi) is 4.17. The van der Waals surface area contributed by atoms with Crippen LogP contribution in [0.3, 0.4) is 0 Å². The maximum atomic E-state index is 11.9. The summed E-state index contributed by atoms with van der Waals surface area (Å²) in [6.45, 7) is -0.158. The van der Waals surface area contributed by atoms with Crippen LogP contribution in [0.5, 0.6) is 0 Å². The van der Waals surface area contributed by atoms with E-state index in [1.54, 1.807) is 6.07 Å². The van der Waals surface area contributed by atoms with Gasteiger partial charge in [-0.15, -0.1) is 0 Å². The lowest BCUT2D eigenvalue weighted by atomic mass is 10.1. The number of aliphatic hydroxyl groups is 1. The molecule has 0 radical (unpaired) electrons. The van der Waals surface area contributed by atoms with E-state index in [1.165, 1.54) is 6.26 Å². The molecule has 1 atom stereocenters. The van der Waals surface area contributed by atoms with Gasteiger partial charge in [0.1, 0.15) is 6.26 Å². The number of nitrogens with one attached hydrogen (secondary N) is 1. The molecule has 1 aromatic heterocycles. The number of amides is 1. The summed E-state index contributed by atoms with van der Waals surface area (Å²) < 4.78 is 5.49. The van der Waals surface area contributed by atoms with E-state index in [9.17, 15) is 9.90 Å². The normalized spacial score (nSPS) is 12.1. The van der Waals surface area contributed by atoms with Crippen LogP contribution in [0.1, 0.15) is 22.0 Å². The van der Waals surface area contributed by atoms with Gasteiger partial charge in [0.15, 0.2) is 4.67 Å². The van der Waals surface area contributed by atoms with Crippen LogP contribution in [0.25, 0.3) is 0 Å². The average molecular weight is 310 g/mol. The van der Waals surface area contributed by atoms with Crippen molar-refractivity contribution in [1.82, 2.24) is 5.32 Å². The number of carbonyl (C=O) groups is 1. The first-order valence-corrected chi connectivity index (χ1v) is 6.20. The number of aliphatic hydroxyl groups excluding tert-OH is 1. The zero-order valence-electron chi connectivity index (χ0n) is 9.47. The highest BCUT2D eigenvalue weighted by Gasteiger charge is 2.16. The number of carbonyl (C=O) groups excluding carboxylic acids is 1. The Morgan fingerprint density at radius 3 is 2.67 bits per heavy atom. The van der Waals surface area contributed by atoms with E-state index in [-0.39, 0.29) is 12.5 Å². The van der Waals surface area contributed by atoms with Gasteiger partial charge in [-0.1, -0.05) is 30.3 Å². The fourth-order valence-corrected chi connectivity index (χ4v) is 1.93. The van der Waals surface area contributed by atoms with Crippen LogP contribution in [-0.2, 0) is 0 Å². The maximum absolute atomic E-state index is 11.9. The molecule has 2 N–H and O–H groups in total. The van der Waals surface area contributed by atoms with Crippen molar-refractivity contribution in [3.63, 3.8) is 0 Å². The highest BCUT2D eigenvalue weighted by Crippen LogP contribution is 2.16. The molecule has 4 nitrogen and oxygen atoms in total. The molecule has 1 aromatic carbocycles. The lowest BCUT2D eigenvalue weighted by molar-refractivity contribution is 0.0915. The molecule has 0 bridgehead atoms. The van der Waals surface area contributed by atoms with Gasteiger partial charge in [0.2, 0.25) is 0 Å². The third-order valence-corrected chi connectivity index (χ3v) is 2.94. The Bertz CT molecular complexity index is 524. The van der Waals surface area contributed by atoms with Crippen molar-refractivity contribution in [1.29, 1.82) is 0 Å². The zero-order chi connectivity index (χ0) is 13.0. The van der Waals surface area contributed by atoms with Gasteiger partial charge in [-0.25, -0.2) is 0 Å². The van der Waals surface area contributed by atoms with Crippen molar-refractivity contribution in [2.24, 2.45) is 0 Å². The van der Waals surface area contributed by atoms with Crippen molar-refractivity contribution in [2.45, 2.75) is 6.04 Å². The highest BCUT2D eigenvalue weighted by atomic mass is 79.9. The summed E-state index contributed by atoms with van der Waals surface area (Å²) in [6, 6.07) is 10.5. The molecule has 94 valence electrons. The molecule has 0 aliphatic carbocycles. The second-order valence-corrected chi connectivity index (χ2v) is 4.54. The van der Waals surface area contributed by atoms with Crippen molar-refractivity contribution in [3.05, 3.63) is 58.5 Å². The third-order valence-electron chi connectivity index (χ3n) is 2.52. The van der Waals surface area contributed by atoms with Gasteiger partial charge < -0.3 is 14.8 Å². The van der Waals surface area contributed by atoms with Gasteiger partial charge >= 0.3 is 0 Å². The average Bonchev–Trinajstić information content (AvgIpc) is 2.83. The van der Waals surface area contributed by atoms with Crippen LogP contribution >= 0.6 is 15.9 Å². The Morgan fingerprint density at radius 2 is 2.11 bits per heavy atom. The maximum Gasteiger partial charge on any atom is 0.255 e. The summed E-state index contributed by atoms with van der Waals surface area (Å²) in [7, 11) is 0. The molecule has 0 aliphatic heterocycles. The Morgan fingerprint density at radius 1 is 1.39 bits per heavy atom. The van der Waals surface area contributed by atoms with Crippen LogP contribution in [-0.4, -0.2) is 17.6 Å². The number of furan rings is 1. The third kappa shape index (κ3) is 3.00. The molecule has 0 saturated carbocycles. The monoisotopic (exact) mass is 309 g/mol. The van der Waals surface area contributed by atoms with Gasteiger partial charge in [-0.2, -0.15) is 0 Å². The summed E-state index contributed by atoms with van der Waals surface area (Å²) in [4.78, 5) is 11.9. The van der Waals surface area contributed by atoms with Gasteiger partial charge in [0.25, 0.3) is 5.91 Å². The predicted octanol–water partition coefficient (Wildman–Crippen LogP) is 2.51. The van der Waals surface area contributed by atoms with Crippen LogP contribution in [0.4, 0.5) is 0 Å². The van der Waals surface area contributed by atoms with E-state index >= 15 is 0 Å². The fourth-order valence-electron chi connectivity index (χ4n) is 1.59. The van der Waals surface area contributed by atoms with Gasteiger partial charge in [0.05, 0.1) is 18.2 Å². The zero-order valence-corrected chi connectivity index (χ0v) is 11.1. The first-order valence-electron chi connectivity index (χ1n) is 5.41. The van der Waals surface area contributed by atoms with Gasteiger partial charge in [0, 0.05) is 6.07 Å². The van der Waals surface area contributed by atoms with E-state index in [1.807, 2.05) is 30.3 Å². The second-order valence-electron chi connectivity index (χ2n) is 3.76. The second kappa shape index (κ2) is 5.84. The van der Waals surface area contributed by atoms with Crippen molar-refractivity contribution < 1.29 is 14.3 Å². The van der Waals surface area contributed by atoms with Crippen molar-refractivity contribution in [2.75, 3.05) is 6.61 Å². The molecule has 1 heterocycles. The molecular formula is C13H12BrNO3. The van der Waals surface area contributed by atoms with Crippen LogP contribution in [0, 0.1) is 0 Å². The molecule has 2 aromatic rings. The summed E-state index contributed by atoms with van der Waals surface area (Å²) in [6.07, 6.45) is 1.36. The molecule has 0 spiro atoms. The molecule has 1 amide bonds. The van der Waals surface area contributed by atoms with E-state index in [0.717, 1.165) is 5.56 Å². The Hall–Kier alpha value is -1.59. The quantitative estimate of drug-likeness (QED) is 0.912. The SMILES string of the molecule is O=C(N[C@H](CO)c1ccccc1)c1coc(Br)c1. The van der Waals surface area contributed by atoms with Crippen molar-refractivity contribution in [3.8, 4) is 0 Å². The van der Waals surface area contributed by atoms with Gasteiger partial charge in [-0.3, -0.25) is 4.79 Å². The summed E-state index contributed by atoms with van der Waals surface area (Å²) in [5, 5.41) is 12.1. The Balaban J connectivity index is 2.10. The first-order chi connectivity index (χ1) is 8.70. The fraction of sp³-hybridized carbons (Fsp3) is 0.154. The molecule has 0 unspecified atom stereocenters. The minimum atomic E-state index is -0.424. The van der Waals surface area contributed by atoms with E-state index in [2.05, 4.69) is 21.2 Å². The minimum absolute atomic E-state index is 0.158. The van der Waals surface area contributed by atoms with Gasteiger partial charge in [-0.05, 0) is 21.5 Å². The number of hydrogen-bond donors (Lipinski definition) is 2. The molecule has 0 saturated heterocycles. The molecule has 5 heteroatoms. The molecule has 0 aliphatic rings. The Labute approximate surface area is 113 Å². The van der Waals surface area contributed by atoms with Crippen molar-refractivity contribution >= 4 is 21.8 Å². The standard InChI is InChI=1S/C13H12BrNO3/c14-12-6-10(8-18-12)13(17)15-11(7-16)9-4-2-1-3-5-9/h1-6,8,11,16H,7H2,(H,15,17)/t11-/m1/s1. The molecule has 2 rings (SSSR count). The van der Waals surface area contributed by atoms with Crippen LogP contribution in [0.2, 0.25) is 0 Å². The summed E-state index contributed by atoms with van der Waals surface area (Å²) >= 11 is 3.13. The molecule has 18 heavy (non-hydrogen) atoms. The lowest BCUT2D eigenvalue weighted by Gasteiger charge is -2.15. The largest absolute Gasteiger partial charge is 0.457 e. The molecule has 0 fully saturated rings. The first kappa shape index (κ1) is 12.9. The topological polar surface area (TPSA) is 62.5 Å². The highest BCUT2D eigenvalue weighted by molar-refractivity contribution is 9.10. The number of halogens is 1.